The van der Waals surface area contributed by atoms with Gasteiger partial charge in [0.05, 0.1) is 11.2 Å². The first-order valence-electron chi connectivity index (χ1n) is 5.03. The summed E-state index contributed by atoms with van der Waals surface area (Å²) in [5.74, 6) is 0. The number of rotatable bonds is 4. The van der Waals surface area contributed by atoms with Gasteiger partial charge in [0.15, 0.2) is 0 Å². The Labute approximate surface area is 93.5 Å². The van der Waals surface area contributed by atoms with Gasteiger partial charge in [-0.05, 0) is 19.1 Å². The molecule has 0 spiro atoms. The third-order valence-corrected chi connectivity index (χ3v) is 4.59. The largest absolute Gasteiger partial charge is 0.307 e. The quantitative estimate of drug-likeness (QED) is 0.857. The Morgan fingerprint density at radius 3 is 3.29 bits per heavy atom. The summed E-state index contributed by atoms with van der Waals surface area (Å²) in [6.45, 7) is 0.936. The van der Waals surface area contributed by atoms with Gasteiger partial charge in [-0.1, -0.05) is 6.42 Å². The lowest BCUT2D eigenvalue weighted by molar-refractivity contribution is 0.528. The van der Waals surface area contributed by atoms with Crippen molar-refractivity contribution in [2.45, 2.75) is 37.1 Å². The molecule has 14 heavy (non-hydrogen) atoms. The van der Waals surface area contributed by atoms with Crippen LogP contribution in [0.4, 0.5) is 0 Å². The maximum atomic E-state index is 4.28. The monoisotopic (exact) mass is 228 g/mol. The summed E-state index contributed by atoms with van der Waals surface area (Å²) in [6, 6.07) is 0.701. The fourth-order valence-electron chi connectivity index (χ4n) is 2.00. The number of thiazole rings is 1. The molecule has 0 bridgehead atoms. The van der Waals surface area contributed by atoms with Gasteiger partial charge in [-0.2, -0.15) is 11.8 Å². The predicted molar refractivity (Wildman–Crippen MR) is 63.9 cm³/mol. The average Bonchev–Trinajstić information content (AvgIpc) is 2.85. The van der Waals surface area contributed by atoms with Crippen LogP contribution in [0.1, 0.15) is 25.0 Å². The smallest absolute Gasteiger partial charge is 0.0795 e. The molecule has 1 heterocycles. The molecule has 0 radical (unpaired) electrons. The number of hydrogen-bond acceptors (Lipinski definition) is 4. The highest BCUT2D eigenvalue weighted by molar-refractivity contribution is 7.99. The molecule has 0 saturated heterocycles. The highest BCUT2D eigenvalue weighted by atomic mass is 32.2. The van der Waals surface area contributed by atoms with Crippen LogP contribution >= 0.6 is 23.1 Å². The van der Waals surface area contributed by atoms with Crippen LogP contribution in [0.25, 0.3) is 0 Å². The van der Waals surface area contributed by atoms with Crippen molar-refractivity contribution in [1.82, 2.24) is 10.3 Å². The van der Waals surface area contributed by atoms with Crippen molar-refractivity contribution < 1.29 is 0 Å². The number of nitrogens with one attached hydrogen (secondary N) is 1. The van der Waals surface area contributed by atoms with Crippen molar-refractivity contribution in [2.75, 3.05) is 6.26 Å². The topological polar surface area (TPSA) is 24.9 Å². The van der Waals surface area contributed by atoms with E-state index in [-0.39, 0.29) is 0 Å². The van der Waals surface area contributed by atoms with Crippen molar-refractivity contribution in [3.8, 4) is 0 Å². The van der Waals surface area contributed by atoms with Crippen molar-refractivity contribution in [2.24, 2.45) is 0 Å². The number of nitrogens with zero attached hydrogens (tertiary/aromatic N) is 1. The molecule has 2 nitrogen and oxygen atoms in total. The Bertz CT molecular complexity index is 261. The van der Waals surface area contributed by atoms with Crippen molar-refractivity contribution >= 4 is 23.1 Å². The van der Waals surface area contributed by atoms with Crippen LogP contribution in [0.3, 0.4) is 0 Å². The van der Waals surface area contributed by atoms with Crippen molar-refractivity contribution in [3.63, 3.8) is 0 Å². The molecule has 4 heteroatoms. The molecular formula is C10H16N2S2. The first-order chi connectivity index (χ1) is 6.90. The Morgan fingerprint density at radius 1 is 1.64 bits per heavy atom. The van der Waals surface area contributed by atoms with Gasteiger partial charge in [-0.15, -0.1) is 11.3 Å². The van der Waals surface area contributed by atoms with Crippen LogP contribution in [0.2, 0.25) is 0 Å². The van der Waals surface area contributed by atoms with E-state index in [1.807, 2.05) is 17.3 Å². The molecule has 0 aromatic carbocycles. The van der Waals surface area contributed by atoms with E-state index in [4.69, 9.17) is 0 Å². The second-order valence-corrected chi connectivity index (χ2v) is 5.47. The van der Waals surface area contributed by atoms with E-state index in [9.17, 15) is 0 Å². The number of hydrogen-bond donors (Lipinski definition) is 1. The van der Waals surface area contributed by atoms with E-state index < -0.39 is 0 Å². The van der Waals surface area contributed by atoms with Crippen LogP contribution in [0.15, 0.2) is 10.9 Å². The molecule has 1 saturated carbocycles. The van der Waals surface area contributed by atoms with E-state index in [0.29, 0.717) is 6.04 Å². The molecule has 2 unspecified atom stereocenters. The summed E-state index contributed by atoms with van der Waals surface area (Å²) >= 11 is 3.67. The fourth-order valence-corrected chi connectivity index (χ4v) is 3.52. The fraction of sp³-hybridized carbons (Fsp3) is 0.700. The van der Waals surface area contributed by atoms with Gasteiger partial charge in [0.2, 0.25) is 0 Å². The van der Waals surface area contributed by atoms with E-state index in [2.05, 4.69) is 21.9 Å². The van der Waals surface area contributed by atoms with Gasteiger partial charge >= 0.3 is 0 Å². The molecule has 1 N–H and O–H groups in total. The molecule has 1 fully saturated rings. The first-order valence-corrected chi connectivity index (χ1v) is 7.26. The summed E-state index contributed by atoms with van der Waals surface area (Å²) in [4.78, 5) is 4.28. The second-order valence-electron chi connectivity index (χ2n) is 3.67. The summed E-state index contributed by atoms with van der Waals surface area (Å²) in [7, 11) is 0. The Balaban J connectivity index is 1.80. The molecule has 1 aromatic heterocycles. The minimum atomic E-state index is 0.701. The van der Waals surface area contributed by atoms with Gasteiger partial charge in [0.25, 0.3) is 0 Å². The standard InChI is InChI=1S/C10H16N2S2/c1-13-10-4-2-3-9(10)11-5-8-6-14-7-12-8/h6-7,9-11H,2-5H2,1H3. The third kappa shape index (κ3) is 2.49. The molecule has 0 amide bonds. The predicted octanol–water partition coefficient (Wildman–Crippen LogP) is 2.52. The van der Waals surface area contributed by atoms with Gasteiger partial charge in [0, 0.05) is 23.2 Å². The second kappa shape index (κ2) is 5.14. The van der Waals surface area contributed by atoms with Crippen LogP contribution in [0, 0.1) is 0 Å². The highest BCUT2D eigenvalue weighted by Gasteiger charge is 2.25. The lowest BCUT2D eigenvalue weighted by Gasteiger charge is -2.18. The van der Waals surface area contributed by atoms with Crippen molar-refractivity contribution in [3.05, 3.63) is 16.6 Å². The molecular weight excluding hydrogens is 212 g/mol. The van der Waals surface area contributed by atoms with Crippen molar-refractivity contribution in [1.29, 1.82) is 0 Å². The zero-order valence-electron chi connectivity index (χ0n) is 8.40. The molecule has 1 aliphatic carbocycles. The van der Waals surface area contributed by atoms with Crippen LogP contribution in [-0.4, -0.2) is 22.5 Å². The zero-order chi connectivity index (χ0) is 9.80. The van der Waals surface area contributed by atoms with Crippen LogP contribution < -0.4 is 5.32 Å². The third-order valence-electron chi connectivity index (χ3n) is 2.78. The first kappa shape index (κ1) is 10.5. The van der Waals surface area contributed by atoms with Gasteiger partial charge in [0.1, 0.15) is 0 Å². The minimum Gasteiger partial charge on any atom is -0.307 e. The Morgan fingerprint density at radius 2 is 2.57 bits per heavy atom. The van der Waals surface area contributed by atoms with E-state index >= 15 is 0 Å². The molecule has 0 aliphatic heterocycles. The Hall–Kier alpha value is -0.0600. The number of thioether (sulfide) groups is 1. The molecule has 2 atom stereocenters. The summed E-state index contributed by atoms with van der Waals surface area (Å²) in [5, 5.41) is 6.54. The number of aromatic nitrogens is 1. The maximum Gasteiger partial charge on any atom is 0.0795 e. The minimum absolute atomic E-state index is 0.701. The maximum absolute atomic E-state index is 4.28. The van der Waals surface area contributed by atoms with E-state index in [1.54, 1.807) is 11.3 Å². The Kier molecular flexibility index (Phi) is 3.84. The normalized spacial score (nSPS) is 26.9. The summed E-state index contributed by atoms with van der Waals surface area (Å²) in [6.07, 6.45) is 6.29. The van der Waals surface area contributed by atoms with Crippen LogP contribution in [0.5, 0.6) is 0 Å². The lowest BCUT2D eigenvalue weighted by Crippen LogP contribution is -2.33. The highest BCUT2D eigenvalue weighted by Crippen LogP contribution is 2.28. The zero-order valence-corrected chi connectivity index (χ0v) is 10.0. The van der Waals surface area contributed by atoms with Crippen LogP contribution in [-0.2, 0) is 6.54 Å². The van der Waals surface area contributed by atoms with Gasteiger partial charge in [-0.3, -0.25) is 0 Å². The summed E-state index contributed by atoms with van der Waals surface area (Å²) in [5.41, 5.74) is 3.08. The van der Waals surface area contributed by atoms with E-state index in [0.717, 1.165) is 11.8 Å². The van der Waals surface area contributed by atoms with Gasteiger partial charge in [-0.25, -0.2) is 4.98 Å². The summed E-state index contributed by atoms with van der Waals surface area (Å²) < 4.78 is 0. The average molecular weight is 228 g/mol. The van der Waals surface area contributed by atoms with Gasteiger partial charge < -0.3 is 5.32 Å². The molecule has 1 aliphatic rings. The molecule has 2 rings (SSSR count). The molecule has 1 aromatic rings. The SMILES string of the molecule is CSC1CCCC1NCc1cscn1. The lowest BCUT2D eigenvalue weighted by atomic mass is 10.2. The molecule has 78 valence electrons. The van der Waals surface area contributed by atoms with E-state index in [1.165, 1.54) is 25.0 Å².